The normalized spacial score (nSPS) is 15.6. The Bertz CT molecular complexity index is 1230. The molecule has 0 spiro atoms. The summed E-state index contributed by atoms with van der Waals surface area (Å²) < 4.78 is 14.2. The second-order valence-corrected chi connectivity index (χ2v) is 9.63. The van der Waals surface area contributed by atoms with Crippen molar-refractivity contribution in [2.75, 3.05) is 6.61 Å². The monoisotopic (exact) mass is 525 g/mol. The fraction of sp³-hybridized carbons (Fsp3) is 0.444. The van der Waals surface area contributed by atoms with Crippen LogP contribution in [0.4, 0.5) is 0 Å². The van der Waals surface area contributed by atoms with E-state index in [0.29, 0.717) is 23.5 Å². The van der Waals surface area contributed by atoms with Gasteiger partial charge in [-0.3, -0.25) is 4.79 Å². The first-order chi connectivity index (χ1) is 16.5. The van der Waals surface area contributed by atoms with Gasteiger partial charge in [0.1, 0.15) is 5.82 Å². The second kappa shape index (κ2) is 11.2. The molecule has 1 atom stereocenters. The molecular weight excluding hydrogens is 494 g/mol. The zero-order valence-corrected chi connectivity index (χ0v) is 21.7. The lowest BCUT2D eigenvalue weighted by Crippen LogP contribution is -2.25. The van der Waals surface area contributed by atoms with Crippen LogP contribution in [-0.2, 0) is 0 Å². The van der Waals surface area contributed by atoms with Crippen LogP contribution in [0.15, 0.2) is 50.8 Å². The summed E-state index contributed by atoms with van der Waals surface area (Å²) in [6.07, 6.45) is 8.26. The smallest absolute Gasteiger partial charge is 0.282 e. The number of ether oxygens (including phenoxy) is 2. The minimum atomic E-state index is -0.139. The number of rotatable bonds is 8. The molecule has 1 aliphatic carbocycles. The van der Waals surface area contributed by atoms with Crippen molar-refractivity contribution in [3.63, 3.8) is 0 Å². The summed E-state index contributed by atoms with van der Waals surface area (Å²) in [7, 11) is 0. The standard InChI is InChI=1S/C27H32BrN3O3/c1-4-18(3)34-25-16-22(28)20(15-24(25)33-5-2)17-29-31-26(19-11-7-6-8-12-19)30-23-14-10-9-13-21(23)27(31)32/h9-10,13-19H,4-8,11-12H2,1-3H3/t18-/m1/s1. The van der Waals surface area contributed by atoms with Gasteiger partial charge in [0.2, 0.25) is 0 Å². The Kier molecular flexibility index (Phi) is 8.03. The Morgan fingerprint density at radius 3 is 2.68 bits per heavy atom. The van der Waals surface area contributed by atoms with Gasteiger partial charge in [0.15, 0.2) is 11.5 Å². The van der Waals surface area contributed by atoms with Crippen LogP contribution in [0.5, 0.6) is 11.5 Å². The SMILES string of the molecule is CCOc1cc(C=Nn2c(C3CCCCC3)nc3ccccc3c2=O)c(Br)cc1O[C@H](C)CC. The summed E-state index contributed by atoms with van der Waals surface area (Å²) in [5.74, 6) is 2.33. The number of para-hydroxylation sites is 1. The molecule has 1 fully saturated rings. The zero-order valence-electron chi connectivity index (χ0n) is 20.1. The maximum absolute atomic E-state index is 13.4. The number of benzene rings is 2. The Labute approximate surface area is 209 Å². The number of hydrogen-bond acceptors (Lipinski definition) is 5. The average molecular weight is 526 g/mol. The Balaban J connectivity index is 1.77. The lowest BCUT2D eigenvalue weighted by molar-refractivity contribution is 0.203. The van der Waals surface area contributed by atoms with Crippen molar-refractivity contribution in [2.24, 2.45) is 5.10 Å². The quantitative estimate of drug-likeness (QED) is 0.308. The van der Waals surface area contributed by atoms with Gasteiger partial charge in [-0.2, -0.15) is 9.78 Å². The van der Waals surface area contributed by atoms with E-state index in [-0.39, 0.29) is 17.6 Å². The molecule has 1 aromatic heterocycles. The predicted molar refractivity (Wildman–Crippen MR) is 141 cm³/mol. The molecule has 0 N–H and O–H groups in total. The number of hydrogen-bond donors (Lipinski definition) is 0. The van der Waals surface area contributed by atoms with Crippen molar-refractivity contribution >= 4 is 33.0 Å². The van der Waals surface area contributed by atoms with Crippen molar-refractivity contribution in [1.29, 1.82) is 0 Å². The Hall–Kier alpha value is -2.67. The van der Waals surface area contributed by atoms with Crippen LogP contribution in [0.25, 0.3) is 10.9 Å². The highest BCUT2D eigenvalue weighted by atomic mass is 79.9. The molecule has 3 aromatic rings. The van der Waals surface area contributed by atoms with Crippen LogP contribution in [0.2, 0.25) is 0 Å². The van der Waals surface area contributed by atoms with Crippen molar-refractivity contribution in [1.82, 2.24) is 9.66 Å². The van der Waals surface area contributed by atoms with Crippen LogP contribution in [0.3, 0.4) is 0 Å². The van der Waals surface area contributed by atoms with Crippen molar-refractivity contribution in [2.45, 2.75) is 71.3 Å². The van der Waals surface area contributed by atoms with Gasteiger partial charge < -0.3 is 9.47 Å². The van der Waals surface area contributed by atoms with E-state index in [0.717, 1.165) is 53.5 Å². The van der Waals surface area contributed by atoms with Gasteiger partial charge in [0, 0.05) is 16.0 Å². The van der Waals surface area contributed by atoms with Gasteiger partial charge in [-0.1, -0.05) is 38.3 Å². The van der Waals surface area contributed by atoms with Crippen LogP contribution >= 0.6 is 15.9 Å². The van der Waals surface area contributed by atoms with E-state index in [1.807, 2.05) is 50.2 Å². The highest BCUT2D eigenvalue weighted by Crippen LogP contribution is 2.35. The molecule has 180 valence electrons. The van der Waals surface area contributed by atoms with E-state index in [1.54, 1.807) is 6.21 Å². The van der Waals surface area contributed by atoms with Crippen LogP contribution in [0.1, 0.15) is 76.6 Å². The molecule has 1 heterocycles. The minimum absolute atomic E-state index is 0.0749. The topological polar surface area (TPSA) is 65.7 Å². The molecule has 4 rings (SSSR count). The minimum Gasteiger partial charge on any atom is -0.490 e. The predicted octanol–water partition coefficient (Wildman–Crippen LogP) is 6.66. The molecule has 0 amide bonds. The highest BCUT2D eigenvalue weighted by molar-refractivity contribution is 9.10. The van der Waals surface area contributed by atoms with Crippen LogP contribution < -0.4 is 15.0 Å². The van der Waals surface area contributed by atoms with E-state index in [2.05, 4.69) is 28.0 Å². The molecule has 0 unspecified atom stereocenters. The molecule has 6 nitrogen and oxygen atoms in total. The molecule has 0 bridgehead atoms. The zero-order chi connectivity index (χ0) is 24.1. The Morgan fingerprint density at radius 2 is 1.94 bits per heavy atom. The number of nitrogens with zero attached hydrogens (tertiary/aromatic N) is 3. The van der Waals surface area contributed by atoms with Crippen molar-refractivity contribution in [3.05, 3.63) is 62.6 Å². The second-order valence-electron chi connectivity index (χ2n) is 8.77. The summed E-state index contributed by atoms with van der Waals surface area (Å²) in [5.41, 5.74) is 1.39. The first-order valence-corrected chi connectivity index (χ1v) is 13.0. The van der Waals surface area contributed by atoms with Gasteiger partial charge in [-0.25, -0.2) is 4.98 Å². The molecule has 2 aromatic carbocycles. The van der Waals surface area contributed by atoms with E-state index >= 15 is 0 Å². The van der Waals surface area contributed by atoms with Gasteiger partial charge in [0.25, 0.3) is 5.56 Å². The van der Waals surface area contributed by atoms with E-state index in [9.17, 15) is 4.79 Å². The van der Waals surface area contributed by atoms with Crippen molar-refractivity contribution < 1.29 is 9.47 Å². The van der Waals surface area contributed by atoms with Gasteiger partial charge in [-0.05, 0) is 73.3 Å². The number of aromatic nitrogens is 2. The first kappa shape index (κ1) is 24.5. The van der Waals surface area contributed by atoms with Gasteiger partial charge in [0.05, 0.1) is 29.8 Å². The maximum atomic E-state index is 13.4. The molecule has 1 aliphatic rings. The molecule has 0 aliphatic heterocycles. The number of halogens is 1. The maximum Gasteiger partial charge on any atom is 0.282 e. The summed E-state index contributed by atoms with van der Waals surface area (Å²) in [5, 5.41) is 5.24. The van der Waals surface area contributed by atoms with E-state index < -0.39 is 0 Å². The summed E-state index contributed by atoms with van der Waals surface area (Å²) in [6.45, 7) is 6.58. The molecule has 0 radical (unpaired) electrons. The van der Waals surface area contributed by atoms with Gasteiger partial charge in [-0.15, -0.1) is 0 Å². The largest absolute Gasteiger partial charge is 0.490 e. The fourth-order valence-electron chi connectivity index (χ4n) is 4.31. The first-order valence-electron chi connectivity index (χ1n) is 12.2. The lowest BCUT2D eigenvalue weighted by atomic mass is 9.88. The van der Waals surface area contributed by atoms with E-state index in [4.69, 9.17) is 14.5 Å². The highest BCUT2D eigenvalue weighted by Gasteiger charge is 2.22. The van der Waals surface area contributed by atoms with Gasteiger partial charge >= 0.3 is 0 Å². The fourth-order valence-corrected chi connectivity index (χ4v) is 4.73. The molecule has 34 heavy (non-hydrogen) atoms. The van der Waals surface area contributed by atoms with Crippen molar-refractivity contribution in [3.8, 4) is 11.5 Å². The molecule has 1 saturated carbocycles. The molecule has 7 heteroatoms. The summed E-state index contributed by atoms with van der Waals surface area (Å²) in [6, 6.07) is 11.3. The van der Waals surface area contributed by atoms with Crippen LogP contribution in [-0.4, -0.2) is 28.6 Å². The average Bonchev–Trinajstić information content (AvgIpc) is 2.86. The third kappa shape index (κ3) is 5.35. The third-order valence-electron chi connectivity index (χ3n) is 6.33. The molecule has 0 saturated heterocycles. The van der Waals surface area contributed by atoms with Crippen LogP contribution in [0, 0.1) is 0 Å². The number of fused-ring (bicyclic) bond motifs is 1. The molecular formula is C27H32BrN3O3. The van der Waals surface area contributed by atoms with E-state index in [1.165, 1.54) is 11.1 Å². The summed E-state index contributed by atoms with van der Waals surface area (Å²) in [4.78, 5) is 18.3. The summed E-state index contributed by atoms with van der Waals surface area (Å²) >= 11 is 3.64. The Morgan fingerprint density at radius 1 is 1.18 bits per heavy atom. The third-order valence-corrected chi connectivity index (χ3v) is 7.01. The lowest BCUT2D eigenvalue weighted by Gasteiger charge is -2.22.